The molecular weight excluding hydrogens is 252 g/mol. The fourth-order valence-electron chi connectivity index (χ4n) is 2.25. The lowest BCUT2D eigenvalue weighted by molar-refractivity contribution is 0.760. The Balaban J connectivity index is 2.02. The van der Waals surface area contributed by atoms with Crippen LogP contribution in [0.1, 0.15) is 19.3 Å². The van der Waals surface area contributed by atoms with Gasteiger partial charge in [0, 0.05) is 23.6 Å². The van der Waals surface area contributed by atoms with Gasteiger partial charge in [0.15, 0.2) is 0 Å². The molecule has 1 aromatic rings. The molecule has 0 bridgehead atoms. The van der Waals surface area contributed by atoms with Crippen molar-refractivity contribution < 1.29 is 0 Å². The molecule has 0 aromatic heterocycles. The minimum Gasteiger partial charge on any atom is -0.383 e. The van der Waals surface area contributed by atoms with Crippen LogP contribution < -0.4 is 10.2 Å². The molecule has 1 aromatic carbocycles. The lowest BCUT2D eigenvalue weighted by Crippen LogP contribution is -2.26. The van der Waals surface area contributed by atoms with Gasteiger partial charge in [-0.15, -0.1) is 0 Å². The first-order chi connectivity index (χ1) is 7.34. The van der Waals surface area contributed by atoms with Gasteiger partial charge in [-0.2, -0.15) is 0 Å². The topological polar surface area (TPSA) is 15.3 Å². The van der Waals surface area contributed by atoms with E-state index in [0.29, 0.717) is 0 Å². The number of anilines is 2. The third kappa shape index (κ3) is 1.85. The summed E-state index contributed by atoms with van der Waals surface area (Å²) in [4.78, 5) is 2.57. The highest BCUT2D eigenvalue weighted by atomic mass is 79.9. The molecular formula is C12H15BrN2. The molecule has 0 saturated heterocycles. The number of rotatable bonds is 1. The fraction of sp³-hybridized carbons (Fsp3) is 0.500. The Labute approximate surface area is 98.8 Å². The van der Waals surface area contributed by atoms with Crippen molar-refractivity contribution in [3.63, 3.8) is 0 Å². The molecule has 2 aliphatic rings. The van der Waals surface area contributed by atoms with Crippen molar-refractivity contribution in [2.75, 3.05) is 23.3 Å². The number of nitrogens with one attached hydrogen (secondary N) is 1. The zero-order chi connectivity index (χ0) is 10.3. The number of fused-ring (bicyclic) bond motifs is 1. The maximum atomic E-state index is 3.56. The van der Waals surface area contributed by atoms with Gasteiger partial charge in [-0.3, -0.25) is 0 Å². The van der Waals surface area contributed by atoms with E-state index >= 15 is 0 Å². The molecule has 1 aliphatic heterocycles. The molecule has 1 fully saturated rings. The van der Waals surface area contributed by atoms with Gasteiger partial charge in [-0.25, -0.2) is 0 Å². The maximum absolute atomic E-state index is 3.56. The van der Waals surface area contributed by atoms with E-state index in [1.54, 1.807) is 0 Å². The Hall–Kier alpha value is -0.700. The Morgan fingerprint density at radius 3 is 3.00 bits per heavy atom. The van der Waals surface area contributed by atoms with Crippen LogP contribution in [0.25, 0.3) is 0 Å². The molecule has 1 saturated carbocycles. The van der Waals surface area contributed by atoms with E-state index in [1.807, 2.05) is 0 Å². The first-order valence-electron chi connectivity index (χ1n) is 5.65. The number of nitrogens with zero attached hydrogens (tertiary/aromatic N) is 1. The average molecular weight is 267 g/mol. The monoisotopic (exact) mass is 266 g/mol. The van der Waals surface area contributed by atoms with E-state index in [1.165, 1.54) is 41.7 Å². The van der Waals surface area contributed by atoms with Crippen molar-refractivity contribution in [2.24, 2.45) is 0 Å². The van der Waals surface area contributed by atoms with Crippen LogP contribution in [0.4, 0.5) is 11.4 Å². The summed E-state index contributed by atoms with van der Waals surface area (Å²) >= 11 is 3.56. The van der Waals surface area contributed by atoms with Crippen LogP contribution in [-0.2, 0) is 0 Å². The van der Waals surface area contributed by atoms with Crippen molar-refractivity contribution in [1.29, 1.82) is 0 Å². The zero-order valence-corrected chi connectivity index (χ0v) is 10.3. The van der Waals surface area contributed by atoms with Gasteiger partial charge in [0.1, 0.15) is 0 Å². The van der Waals surface area contributed by atoms with Crippen molar-refractivity contribution in [2.45, 2.75) is 25.3 Å². The number of hydrogen-bond donors (Lipinski definition) is 1. The van der Waals surface area contributed by atoms with Crippen LogP contribution >= 0.6 is 15.9 Å². The van der Waals surface area contributed by atoms with Gasteiger partial charge in [-0.05, 0) is 37.5 Å². The predicted octanol–water partition coefficient (Wildman–Crippen LogP) is 3.23. The first kappa shape index (κ1) is 9.52. The summed E-state index contributed by atoms with van der Waals surface area (Å²) in [6, 6.07) is 7.34. The molecule has 3 heteroatoms. The van der Waals surface area contributed by atoms with Gasteiger partial charge in [0.05, 0.1) is 11.4 Å². The number of hydrogen-bond acceptors (Lipinski definition) is 2. The molecule has 0 radical (unpaired) electrons. The van der Waals surface area contributed by atoms with Crippen LogP contribution in [0.3, 0.4) is 0 Å². The summed E-state index contributed by atoms with van der Waals surface area (Å²) < 4.78 is 1.18. The Bertz CT molecular complexity index is 374. The van der Waals surface area contributed by atoms with Crippen LogP contribution in [0.2, 0.25) is 0 Å². The van der Waals surface area contributed by atoms with Gasteiger partial charge in [-0.1, -0.05) is 15.9 Å². The third-order valence-electron chi connectivity index (χ3n) is 3.15. The molecule has 2 nitrogen and oxygen atoms in total. The van der Waals surface area contributed by atoms with Gasteiger partial charge in [0.2, 0.25) is 0 Å². The van der Waals surface area contributed by atoms with Crippen LogP contribution in [0.15, 0.2) is 22.7 Å². The molecule has 0 spiro atoms. The first-order valence-corrected chi connectivity index (χ1v) is 6.44. The van der Waals surface area contributed by atoms with Crippen molar-refractivity contribution >= 4 is 27.3 Å². The summed E-state index contributed by atoms with van der Waals surface area (Å²) in [6.45, 7) is 2.29. The van der Waals surface area contributed by atoms with Gasteiger partial charge >= 0.3 is 0 Å². The van der Waals surface area contributed by atoms with Crippen molar-refractivity contribution in [1.82, 2.24) is 0 Å². The second-order valence-corrected chi connectivity index (χ2v) is 5.28. The number of benzene rings is 1. The van der Waals surface area contributed by atoms with Gasteiger partial charge in [0.25, 0.3) is 0 Å². The van der Waals surface area contributed by atoms with Gasteiger partial charge < -0.3 is 10.2 Å². The van der Waals surface area contributed by atoms with Crippen LogP contribution in [0.5, 0.6) is 0 Å². The predicted molar refractivity (Wildman–Crippen MR) is 67.6 cm³/mol. The highest BCUT2D eigenvalue weighted by Gasteiger charge is 2.31. The normalized spacial score (nSPS) is 20.5. The number of halogens is 1. The lowest BCUT2D eigenvalue weighted by atomic mass is 10.2. The molecule has 0 amide bonds. The van der Waals surface area contributed by atoms with E-state index < -0.39 is 0 Å². The lowest BCUT2D eigenvalue weighted by Gasteiger charge is -2.24. The Morgan fingerprint density at radius 2 is 2.20 bits per heavy atom. The highest BCUT2D eigenvalue weighted by molar-refractivity contribution is 9.10. The molecule has 1 N–H and O–H groups in total. The largest absolute Gasteiger partial charge is 0.383 e. The van der Waals surface area contributed by atoms with Crippen molar-refractivity contribution in [3.8, 4) is 0 Å². The van der Waals surface area contributed by atoms with E-state index in [2.05, 4.69) is 44.3 Å². The second-order valence-electron chi connectivity index (χ2n) is 4.37. The van der Waals surface area contributed by atoms with E-state index in [4.69, 9.17) is 0 Å². The minimum atomic E-state index is 0.804. The molecule has 0 unspecified atom stereocenters. The van der Waals surface area contributed by atoms with E-state index in [9.17, 15) is 0 Å². The van der Waals surface area contributed by atoms with Crippen LogP contribution in [0, 0.1) is 0 Å². The highest BCUT2D eigenvalue weighted by Crippen LogP contribution is 2.38. The van der Waals surface area contributed by atoms with E-state index in [-0.39, 0.29) is 0 Å². The summed E-state index contributed by atoms with van der Waals surface area (Å²) in [5.74, 6) is 0. The molecule has 80 valence electrons. The summed E-state index contributed by atoms with van der Waals surface area (Å²) in [7, 11) is 0. The summed E-state index contributed by atoms with van der Waals surface area (Å²) in [6.07, 6.45) is 3.97. The molecule has 15 heavy (non-hydrogen) atoms. The Morgan fingerprint density at radius 1 is 1.33 bits per heavy atom. The molecule has 0 atom stereocenters. The maximum Gasteiger partial charge on any atom is 0.0615 e. The smallest absolute Gasteiger partial charge is 0.0615 e. The van der Waals surface area contributed by atoms with Crippen LogP contribution in [-0.4, -0.2) is 19.1 Å². The zero-order valence-electron chi connectivity index (χ0n) is 8.67. The summed E-state index contributed by atoms with van der Waals surface area (Å²) in [5, 5.41) is 3.50. The quantitative estimate of drug-likeness (QED) is 0.840. The third-order valence-corrected chi connectivity index (χ3v) is 3.64. The second kappa shape index (κ2) is 3.71. The Kier molecular flexibility index (Phi) is 2.35. The minimum absolute atomic E-state index is 0.804. The standard InChI is InChI=1S/C12H15BrN2/c13-9-2-5-11-12(8-9)15(10-3-4-10)7-1-6-14-11/h2,5,8,10,14H,1,3-4,6-7H2. The molecule has 3 rings (SSSR count). The SMILES string of the molecule is Brc1ccc2c(c1)N(C1CC1)CCCN2. The molecule has 1 heterocycles. The van der Waals surface area contributed by atoms with E-state index in [0.717, 1.165) is 12.6 Å². The average Bonchev–Trinajstić information content (AvgIpc) is 3.01. The molecule has 1 aliphatic carbocycles. The van der Waals surface area contributed by atoms with Crippen molar-refractivity contribution in [3.05, 3.63) is 22.7 Å². The fourth-order valence-corrected chi connectivity index (χ4v) is 2.60. The summed E-state index contributed by atoms with van der Waals surface area (Å²) in [5.41, 5.74) is 2.67.